The molecule has 2 heterocycles. The van der Waals surface area contributed by atoms with Crippen LogP contribution in [0.4, 0.5) is 0 Å². The van der Waals surface area contributed by atoms with Gasteiger partial charge in [-0.3, -0.25) is 0 Å². The summed E-state index contributed by atoms with van der Waals surface area (Å²) < 4.78 is 0. The molecule has 0 atom stereocenters. The summed E-state index contributed by atoms with van der Waals surface area (Å²) in [4.78, 5) is 11.1. The molecule has 8 aromatic rings. The molecule has 0 bridgehead atoms. The zero-order chi connectivity index (χ0) is 29.3. The zero-order valence-electron chi connectivity index (χ0n) is 24.1. The van der Waals surface area contributed by atoms with E-state index in [1.54, 1.807) is 0 Å². The number of aromatic nitrogens is 2. The summed E-state index contributed by atoms with van der Waals surface area (Å²) in [6, 6.07) is 59.4. The minimum atomic E-state index is 0.882. The van der Waals surface area contributed by atoms with Crippen LogP contribution in [0, 0.1) is 0 Å². The Labute approximate surface area is 257 Å². The van der Waals surface area contributed by atoms with Gasteiger partial charge in [0.2, 0.25) is 0 Å². The molecule has 2 nitrogen and oxygen atoms in total. The Hall–Kier alpha value is -5.86. The van der Waals surface area contributed by atoms with Gasteiger partial charge in [-0.2, -0.15) is 0 Å². The van der Waals surface area contributed by atoms with Gasteiger partial charge in [0, 0.05) is 33.0 Å². The topological polar surface area (TPSA) is 25.8 Å². The van der Waals surface area contributed by atoms with E-state index in [1.165, 1.54) is 0 Å². The van der Waals surface area contributed by atoms with E-state index in [0.29, 0.717) is 0 Å². The van der Waals surface area contributed by atoms with E-state index in [0.717, 1.165) is 77.7 Å². The van der Waals surface area contributed by atoms with E-state index in [2.05, 4.69) is 170 Å². The van der Waals surface area contributed by atoms with Crippen molar-refractivity contribution in [1.82, 2.24) is 9.97 Å². The molecule has 0 aliphatic carbocycles. The Morgan fingerprint density at radius 2 is 0.500 bits per heavy atom. The highest BCUT2D eigenvalue weighted by Crippen LogP contribution is 2.45. The molecule has 0 amide bonds. The van der Waals surface area contributed by atoms with Crippen molar-refractivity contribution in [1.29, 1.82) is 0 Å². The van der Waals surface area contributed by atoms with Crippen molar-refractivity contribution in [3.63, 3.8) is 0 Å². The molecule has 0 saturated heterocycles. The van der Waals surface area contributed by atoms with Crippen molar-refractivity contribution in [2.45, 2.75) is 0 Å². The van der Waals surface area contributed by atoms with Crippen molar-refractivity contribution in [2.24, 2.45) is 0 Å². The molecule has 44 heavy (non-hydrogen) atoms. The highest BCUT2D eigenvalue weighted by molar-refractivity contribution is 6.13. The smallest absolute Gasteiger partial charge is 0.0979 e. The van der Waals surface area contributed by atoms with Crippen molar-refractivity contribution >= 4 is 21.5 Å². The van der Waals surface area contributed by atoms with Crippen LogP contribution in [-0.2, 0) is 0 Å². The number of nitrogens with zero attached hydrogens (tertiary/aromatic N) is 2. The van der Waals surface area contributed by atoms with Crippen LogP contribution in [0.25, 0.3) is 77.7 Å². The Morgan fingerprint density at radius 3 is 0.841 bits per heavy atom. The summed E-state index contributed by atoms with van der Waals surface area (Å²) in [5, 5.41) is 4.47. The number of pyridine rings is 2. The van der Waals surface area contributed by atoms with Gasteiger partial charge in [-0.1, -0.05) is 170 Å². The van der Waals surface area contributed by atoms with Crippen LogP contribution in [0.3, 0.4) is 0 Å². The zero-order valence-corrected chi connectivity index (χ0v) is 24.1. The number of benzene rings is 6. The van der Waals surface area contributed by atoms with E-state index in [4.69, 9.17) is 9.97 Å². The van der Waals surface area contributed by atoms with E-state index in [9.17, 15) is 0 Å². The van der Waals surface area contributed by atoms with Crippen LogP contribution in [-0.4, -0.2) is 9.97 Å². The van der Waals surface area contributed by atoms with Crippen LogP contribution >= 0.6 is 0 Å². The van der Waals surface area contributed by atoms with Gasteiger partial charge in [0.25, 0.3) is 0 Å². The maximum absolute atomic E-state index is 5.54. The minimum Gasteiger partial charge on any atom is -0.245 e. The molecule has 0 saturated carbocycles. The average Bonchev–Trinajstić information content (AvgIpc) is 3.12. The predicted molar refractivity (Wildman–Crippen MR) is 184 cm³/mol. The van der Waals surface area contributed by atoms with Crippen LogP contribution < -0.4 is 0 Å². The number of hydrogen-bond donors (Lipinski definition) is 0. The normalized spacial score (nSPS) is 11.2. The van der Waals surface area contributed by atoms with Gasteiger partial charge in [-0.05, 0) is 21.9 Å². The van der Waals surface area contributed by atoms with Crippen molar-refractivity contribution in [3.8, 4) is 56.2 Å². The highest BCUT2D eigenvalue weighted by Gasteiger charge is 2.23. The maximum atomic E-state index is 5.54. The molecule has 0 aliphatic heterocycles. The lowest BCUT2D eigenvalue weighted by molar-refractivity contribution is 1.28. The molecule has 2 aromatic heterocycles. The quantitative estimate of drug-likeness (QED) is 0.209. The second kappa shape index (κ2) is 11.1. The molecule has 2 heteroatoms. The summed E-state index contributed by atoms with van der Waals surface area (Å²) in [7, 11) is 0. The van der Waals surface area contributed by atoms with Crippen molar-refractivity contribution in [2.75, 3.05) is 0 Å². The van der Waals surface area contributed by atoms with Gasteiger partial charge in [0.15, 0.2) is 0 Å². The first-order valence-corrected chi connectivity index (χ1v) is 14.9. The lowest BCUT2D eigenvalue weighted by Crippen LogP contribution is -2.00. The summed E-state index contributed by atoms with van der Waals surface area (Å²) in [5.41, 5.74) is 10.4. The molecular formula is C42H28N2. The monoisotopic (exact) mass is 560 g/mol. The van der Waals surface area contributed by atoms with Gasteiger partial charge in [-0.15, -0.1) is 0 Å². The molecule has 206 valence electrons. The first-order chi connectivity index (χ1) is 21.9. The highest BCUT2D eigenvalue weighted by atomic mass is 14.8. The van der Waals surface area contributed by atoms with Crippen LogP contribution in [0.15, 0.2) is 170 Å². The first kappa shape index (κ1) is 25.8. The molecule has 0 unspecified atom stereocenters. The van der Waals surface area contributed by atoms with Crippen LogP contribution in [0.5, 0.6) is 0 Å². The largest absolute Gasteiger partial charge is 0.245 e. The molecular weight excluding hydrogens is 532 g/mol. The molecule has 8 rings (SSSR count). The second-order valence-electron chi connectivity index (χ2n) is 10.9. The van der Waals surface area contributed by atoms with E-state index < -0.39 is 0 Å². The molecule has 0 radical (unpaired) electrons. The first-order valence-electron chi connectivity index (χ1n) is 14.9. The standard InChI is InChI=1S/C42H28N2/c1-5-17-29(18-6-1)37-33-25-13-15-27-35(33)41(43-39(37)31-21-9-3-10-22-31)42-36-28-16-14-26-34(36)38(30-19-7-2-8-20-30)40(44-42)32-23-11-4-12-24-32/h1-28H. The minimum absolute atomic E-state index is 0.882. The summed E-state index contributed by atoms with van der Waals surface area (Å²) in [5.74, 6) is 0. The molecule has 0 fully saturated rings. The Balaban J connectivity index is 1.53. The third kappa shape index (κ3) is 4.45. The lowest BCUT2D eigenvalue weighted by atomic mass is 9.89. The maximum Gasteiger partial charge on any atom is 0.0979 e. The molecule has 0 spiro atoms. The molecule has 0 aliphatic rings. The molecule has 6 aromatic carbocycles. The van der Waals surface area contributed by atoms with Gasteiger partial charge in [-0.25, -0.2) is 9.97 Å². The predicted octanol–water partition coefficient (Wildman–Crippen LogP) is 11.1. The summed E-state index contributed by atoms with van der Waals surface area (Å²) in [6.45, 7) is 0. The Kier molecular flexibility index (Phi) is 6.51. The third-order valence-electron chi connectivity index (χ3n) is 8.27. The Morgan fingerprint density at radius 1 is 0.227 bits per heavy atom. The Bertz CT molecular complexity index is 2080. The SMILES string of the molecule is c1ccc(-c2nc(-c3nc(-c4ccccc4)c(-c4ccccc4)c4ccccc34)c3ccccc3c2-c2ccccc2)cc1. The van der Waals surface area contributed by atoms with Gasteiger partial charge in [0.1, 0.15) is 0 Å². The van der Waals surface area contributed by atoms with E-state index >= 15 is 0 Å². The number of fused-ring (bicyclic) bond motifs is 2. The van der Waals surface area contributed by atoms with Gasteiger partial charge in [0.05, 0.1) is 22.8 Å². The van der Waals surface area contributed by atoms with Gasteiger partial charge >= 0.3 is 0 Å². The van der Waals surface area contributed by atoms with Crippen molar-refractivity contribution in [3.05, 3.63) is 170 Å². The lowest BCUT2D eigenvalue weighted by Gasteiger charge is -2.20. The van der Waals surface area contributed by atoms with E-state index in [1.807, 2.05) is 0 Å². The fraction of sp³-hybridized carbons (Fsp3) is 0. The fourth-order valence-corrected chi connectivity index (χ4v) is 6.29. The van der Waals surface area contributed by atoms with E-state index in [-0.39, 0.29) is 0 Å². The fourth-order valence-electron chi connectivity index (χ4n) is 6.29. The van der Waals surface area contributed by atoms with Crippen molar-refractivity contribution < 1.29 is 0 Å². The van der Waals surface area contributed by atoms with Crippen LogP contribution in [0.2, 0.25) is 0 Å². The number of rotatable bonds is 5. The summed E-state index contributed by atoms with van der Waals surface area (Å²) in [6.07, 6.45) is 0. The molecule has 0 N–H and O–H groups in total. The second-order valence-corrected chi connectivity index (χ2v) is 10.9. The third-order valence-corrected chi connectivity index (χ3v) is 8.27. The summed E-state index contributed by atoms with van der Waals surface area (Å²) >= 11 is 0. The average molecular weight is 561 g/mol. The van der Waals surface area contributed by atoms with Gasteiger partial charge < -0.3 is 0 Å². The van der Waals surface area contributed by atoms with Crippen LogP contribution in [0.1, 0.15) is 0 Å². The number of hydrogen-bond acceptors (Lipinski definition) is 2.